The van der Waals surface area contributed by atoms with Crippen LogP contribution in [0.2, 0.25) is 0 Å². The van der Waals surface area contributed by atoms with Crippen LogP contribution in [0.25, 0.3) is 0 Å². The number of H-pyrrole nitrogens is 1. The number of hydrogen-bond acceptors (Lipinski definition) is 9. The SMILES string of the molecule is CC(COCCC(=O)N1CCN(c2ncc(C(F)(F)F)cn2)CC1)Nc1cn[nH]c(=O)c1C(=N)C(F)(F)F. The van der Waals surface area contributed by atoms with Crippen molar-refractivity contribution in [3.05, 3.63) is 40.1 Å². The molecule has 1 saturated heterocycles. The number of alkyl halides is 6. The van der Waals surface area contributed by atoms with Crippen molar-refractivity contribution in [3.63, 3.8) is 0 Å². The van der Waals surface area contributed by atoms with Gasteiger partial charge in [-0.05, 0) is 6.92 Å². The number of rotatable bonds is 9. The van der Waals surface area contributed by atoms with E-state index in [0.29, 0.717) is 38.6 Å². The van der Waals surface area contributed by atoms with Gasteiger partial charge in [-0.3, -0.25) is 15.0 Å². The van der Waals surface area contributed by atoms with Gasteiger partial charge in [-0.1, -0.05) is 0 Å². The Morgan fingerprint density at radius 3 is 2.34 bits per heavy atom. The Kier molecular flexibility index (Phi) is 8.90. The molecule has 2 aromatic heterocycles. The van der Waals surface area contributed by atoms with Crippen molar-refractivity contribution in [3.8, 4) is 0 Å². The van der Waals surface area contributed by atoms with Crippen LogP contribution in [0.1, 0.15) is 24.5 Å². The fraction of sp³-hybridized carbons (Fsp3) is 0.524. The second-order valence-corrected chi connectivity index (χ2v) is 8.37. The van der Waals surface area contributed by atoms with Crippen LogP contribution in [0.4, 0.5) is 38.0 Å². The van der Waals surface area contributed by atoms with Crippen molar-refractivity contribution < 1.29 is 35.9 Å². The monoisotopic (exact) mass is 550 g/mol. The third-order valence-electron chi connectivity index (χ3n) is 5.50. The van der Waals surface area contributed by atoms with Crippen LogP contribution in [-0.2, 0) is 15.7 Å². The van der Waals surface area contributed by atoms with E-state index in [9.17, 15) is 35.9 Å². The summed E-state index contributed by atoms with van der Waals surface area (Å²) in [5, 5.41) is 15.3. The molecule has 38 heavy (non-hydrogen) atoms. The summed E-state index contributed by atoms with van der Waals surface area (Å²) in [7, 11) is 0. The molecule has 0 spiro atoms. The van der Waals surface area contributed by atoms with Crippen molar-refractivity contribution in [1.29, 1.82) is 5.41 Å². The Labute approximate surface area is 211 Å². The summed E-state index contributed by atoms with van der Waals surface area (Å²) >= 11 is 0. The summed E-state index contributed by atoms with van der Waals surface area (Å²) in [6.45, 7) is 2.86. The molecule has 1 aliphatic heterocycles. The number of ether oxygens (including phenoxy) is 1. The number of nitrogens with zero attached hydrogens (tertiary/aromatic N) is 5. The zero-order valence-electron chi connectivity index (χ0n) is 20.0. The molecule has 1 fully saturated rings. The van der Waals surface area contributed by atoms with Crippen molar-refractivity contribution in [2.45, 2.75) is 31.7 Å². The lowest BCUT2D eigenvalue weighted by molar-refractivity contribution is -0.138. The number of aromatic nitrogens is 4. The standard InChI is InChI=1S/C21H24F6N8O3/c1-12(32-14-10-31-33-18(37)16(14)17(28)21(25,26)27)11-38-7-2-15(36)34-3-5-35(6-4-34)19-29-8-13(9-30-19)20(22,23)24/h8-10,12,28H,2-7,11H2,1H3,(H2,32,33,37). The number of hydrogen-bond donors (Lipinski definition) is 3. The summed E-state index contributed by atoms with van der Waals surface area (Å²) in [4.78, 5) is 35.0. The second-order valence-electron chi connectivity index (χ2n) is 8.37. The highest BCUT2D eigenvalue weighted by Crippen LogP contribution is 2.28. The summed E-state index contributed by atoms with van der Waals surface area (Å²) in [5.74, 6) is -0.0719. The van der Waals surface area contributed by atoms with Gasteiger partial charge in [0.15, 0.2) is 5.71 Å². The molecule has 0 bridgehead atoms. The Morgan fingerprint density at radius 2 is 1.76 bits per heavy atom. The van der Waals surface area contributed by atoms with Crippen molar-refractivity contribution in [2.75, 3.05) is 49.6 Å². The maximum Gasteiger partial charge on any atom is 0.433 e. The van der Waals surface area contributed by atoms with Crippen molar-refractivity contribution >= 4 is 23.3 Å². The molecule has 11 nitrogen and oxygen atoms in total. The zero-order chi connectivity index (χ0) is 28.1. The topological polar surface area (TPSA) is 140 Å². The van der Waals surface area contributed by atoms with E-state index in [2.05, 4.69) is 20.4 Å². The van der Waals surface area contributed by atoms with E-state index in [1.54, 1.807) is 16.7 Å². The number of carbonyl (C=O) groups excluding carboxylic acids is 1. The molecule has 1 aliphatic rings. The highest BCUT2D eigenvalue weighted by Gasteiger charge is 2.38. The zero-order valence-corrected chi connectivity index (χ0v) is 20.0. The van der Waals surface area contributed by atoms with Gasteiger partial charge in [-0.15, -0.1) is 0 Å². The van der Waals surface area contributed by atoms with Gasteiger partial charge in [-0.2, -0.15) is 31.4 Å². The quantitative estimate of drug-likeness (QED) is 0.245. The molecule has 0 aromatic carbocycles. The van der Waals surface area contributed by atoms with Crippen molar-refractivity contribution in [1.82, 2.24) is 25.1 Å². The van der Waals surface area contributed by atoms with E-state index in [1.165, 1.54) is 0 Å². The van der Waals surface area contributed by atoms with Crippen LogP contribution in [0.15, 0.2) is 23.4 Å². The number of halogens is 6. The number of nitrogens with one attached hydrogen (secondary N) is 3. The lowest BCUT2D eigenvalue weighted by atomic mass is 10.1. The average Bonchev–Trinajstić information content (AvgIpc) is 2.85. The third kappa shape index (κ3) is 7.39. The minimum Gasteiger partial charge on any atom is -0.379 e. The van der Waals surface area contributed by atoms with Crippen LogP contribution in [-0.4, -0.2) is 88.3 Å². The van der Waals surface area contributed by atoms with Gasteiger partial charge in [-0.25, -0.2) is 15.1 Å². The first-order chi connectivity index (χ1) is 17.8. The molecule has 0 radical (unpaired) electrons. The molecule has 0 saturated carbocycles. The first kappa shape index (κ1) is 28.8. The van der Waals surface area contributed by atoms with E-state index in [0.717, 1.165) is 6.20 Å². The number of carbonyl (C=O) groups is 1. The van der Waals surface area contributed by atoms with Gasteiger partial charge in [0, 0.05) is 44.6 Å². The van der Waals surface area contributed by atoms with E-state index >= 15 is 0 Å². The third-order valence-corrected chi connectivity index (χ3v) is 5.50. The van der Waals surface area contributed by atoms with Crippen LogP contribution >= 0.6 is 0 Å². The van der Waals surface area contributed by atoms with Gasteiger partial charge in [0.2, 0.25) is 11.9 Å². The van der Waals surface area contributed by atoms with E-state index in [-0.39, 0.29) is 37.2 Å². The first-order valence-electron chi connectivity index (χ1n) is 11.3. The smallest absolute Gasteiger partial charge is 0.379 e. The Balaban J connectivity index is 1.42. The van der Waals surface area contributed by atoms with E-state index < -0.39 is 40.8 Å². The normalized spacial score (nSPS) is 15.3. The molecule has 0 aliphatic carbocycles. The number of aromatic amines is 1. The van der Waals surface area contributed by atoms with Gasteiger partial charge in [0.25, 0.3) is 5.56 Å². The summed E-state index contributed by atoms with van der Waals surface area (Å²) < 4.78 is 82.2. The average molecular weight is 550 g/mol. The minimum atomic E-state index is -5.03. The second kappa shape index (κ2) is 11.7. The molecular weight excluding hydrogens is 526 g/mol. The fourth-order valence-electron chi connectivity index (χ4n) is 3.57. The fourth-order valence-corrected chi connectivity index (χ4v) is 3.57. The molecule has 1 amide bonds. The van der Waals surface area contributed by atoms with Gasteiger partial charge >= 0.3 is 12.4 Å². The van der Waals surface area contributed by atoms with Crippen molar-refractivity contribution in [2.24, 2.45) is 0 Å². The molecule has 1 atom stereocenters. The highest BCUT2D eigenvalue weighted by molar-refractivity contribution is 6.06. The lowest BCUT2D eigenvalue weighted by Crippen LogP contribution is -2.49. The number of anilines is 2. The maximum atomic E-state index is 12.9. The number of amides is 1. The minimum absolute atomic E-state index is 0.0160. The maximum absolute atomic E-state index is 12.9. The van der Waals surface area contributed by atoms with E-state index in [4.69, 9.17) is 10.1 Å². The predicted molar refractivity (Wildman–Crippen MR) is 122 cm³/mol. The molecule has 2 aromatic rings. The number of piperazine rings is 1. The first-order valence-corrected chi connectivity index (χ1v) is 11.3. The Morgan fingerprint density at radius 1 is 1.13 bits per heavy atom. The van der Waals surface area contributed by atoms with Crippen LogP contribution < -0.4 is 15.8 Å². The Hall–Kier alpha value is -3.76. The molecule has 1 unspecified atom stereocenters. The predicted octanol–water partition coefficient (Wildman–Crippen LogP) is 2.06. The molecule has 17 heteroatoms. The van der Waals surface area contributed by atoms with Crippen LogP contribution in [0.5, 0.6) is 0 Å². The van der Waals surface area contributed by atoms with Crippen LogP contribution in [0.3, 0.4) is 0 Å². The van der Waals surface area contributed by atoms with E-state index in [1.807, 2.05) is 5.10 Å². The lowest BCUT2D eigenvalue weighted by Gasteiger charge is -2.34. The molecule has 208 valence electrons. The highest BCUT2D eigenvalue weighted by atomic mass is 19.4. The van der Waals surface area contributed by atoms with Gasteiger partial charge in [0.1, 0.15) is 0 Å². The summed E-state index contributed by atoms with van der Waals surface area (Å²) in [6, 6.07) is -0.583. The Bertz CT molecular complexity index is 1180. The molecular formula is C21H24F6N8O3. The van der Waals surface area contributed by atoms with Gasteiger partial charge < -0.3 is 19.9 Å². The molecule has 3 rings (SSSR count). The van der Waals surface area contributed by atoms with Crippen LogP contribution in [0, 0.1) is 5.41 Å². The summed E-state index contributed by atoms with van der Waals surface area (Å²) in [6.07, 6.45) is -7.15. The van der Waals surface area contributed by atoms with Gasteiger partial charge in [0.05, 0.1) is 42.6 Å². The molecule has 3 N–H and O–H groups in total. The molecule has 3 heterocycles. The summed E-state index contributed by atoms with van der Waals surface area (Å²) in [5.41, 5.74) is -5.10. The largest absolute Gasteiger partial charge is 0.433 e.